The van der Waals surface area contributed by atoms with Gasteiger partial charge in [0.1, 0.15) is 36.6 Å². The predicted molar refractivity (Wildman–Crippen MR) is 197 cm³/mol. The summed E-state index contributed by atoms with van der Waals surface area (Å²) in [5, 5.41) is 20.7. The predicted octanol–water partition coefficient (Wildman–Crippen LogP) is 4.06. The van der Waals surface area contributed by atoms with E-state index in [0.29, 0.717) is 44.4 Å². The van der Waals surface area contributed by atoms with Crippen molar-refractivity contribution in [3.63, 3.8) is 0 Å². The van der Waals surface area contributed by atoms with Crippen LogP contribution in [0.15, 0.2) is 12.2 Å². The van der Waals surface area contributed by atoms with E-state index in [1.165, 1.54) is 0 Å². The summed E-state index contributed by atoms with van der Waals surface area (Å²) in [4.78, 5) is 14.1. The number of ether oxygens (including phenoxy) is 10. The molecule has 11 aliphatic rings. The third kappa shape index (κ3) is 6.75. The molecule has 21 atom stereocenters. The van der Waals surface area contributed by atoms with Crippen LogP contribution >= 0.6 is 0 Å². The summed E-state index contributed by atoms with van der Waals surface area (Å²) in [5.41, 5.74) is 0.979. The molecule has 11 fully saturated rings. The Morgan fingerprint density at radius 1 is 0.696 bits per heavy atom. The van der Waals surface area contributed by atoms with Crippen LogP contribution in [0.4, 0.5) is 0 Å². The molecule has 0 aromatic heterocycles. The maximum atomic E-state index is 14.1. The first-order valence-electron chi connectivity index (χ1n) is 22.0. The molecule has 13 heteroatoms. The molecule has 0 aliphatic carbocycles. The molecule has 0 radical (unpaired) electrons. The van der Waals surface area contributed by atoms with E-state index in [0.717, 1.165) is 44.1 Å². The van der Waals surface area contributed by atoms with Gasteiger partial charge in [0.25, 0.3) is 0 Å². The molecule has 11 saturated heterocycles. The highest BCUT2D eigenvalue weighted by atomic mass is 16.8. The Balaban J connectivity index is 0.942. The third-order valence-corrected chi connectivity index (χ3v) is 15.9. The largest absolute Gasteiger partial charge is 0.459 e. The second kappa shape index (κ2) is 14.7. The highest BCUT2D eigenvalue weighted by Crippen LogP contribution is 2.55. The molecule has 13 nitrogen and oxygen atoms in total. The Bertz CT molecular complexity index is 1490. The summed E-state index contributed by atoms with van der Waals surface area (Å²) in [6.07, 6.45) is 3.03. The van der Waals surface area contributed by atoms with Crippen molar-refractivity contribution < 1.29 is 62.4 Å². The Morgan fingerprint density at radius 3 is 2.29 bits per heavy atom. The summed E-state index contributed by atoms with van der Waals surface area (Å²) in [6.45, 7) is 13.3. The van der Waals surface area contributed by atoms with Gasteiger partial charge in [-0.3, -0.25) is 4.79 Å². The number of fused-ring (bicyclic) bond motifs is 7. The van der Waals surface area contributed by atoms with Gasteiger partial charge < -0.3 is 57.6 Å². The van der Waals surface area contributed by atoms with Gasteiger partial charge in [0.2, 0.25) is 0 Å². The van der Waals surface area contributed by atoms with Crippen molar-refractivity contribution >= 4 is 5.97 Å². The Kier molecular flexibility index (Phi) is 10.3. The number of esters is 1. The second-order valence-electron chi connectivity index (χ2n) is 19.7. The molecule has 5 unspecified atom stereocenters. The molecule has 0 amide bonds. The standard InChI is InChI=1S/C43H64O13/c1-20-14-25-10-12-43-19-32-38(55-43)39-40(53-32)41(56-43)37-29(52-39)9-7-24(49-37)16-34(46)54-36-22(3)35-30(17-26(45)28(51-35)11-13-44)50-31(36)18-33-42(4,5)21(2)15-23(48-33)6-8-27(20)47-25/h21-33,35-41,44-45H,1,6-19H2,2-5H3/t21-,22+,23+,24-,25?,26-,27?,28-,29+,30+,31?,32?,33?,35+,36-,37+,38+,39+,40-,41+,43+/m1/s1. The van der Waals surface area contributed by atoms with Crippen LogP contribution in [-0.4, -0.2) is 138 Å². The van der Waals surface area contributed by atoms with E-state index in [1.807, 2.05) is 0 Å². The fraction of sp³-hybridized carbons (Fsp3) is 0.930. The highest BCUT2D eigenvalue weighted by molar-refractivity contribution is 5.70. The molecule has 1 spiro atoms. The molecule has 56 heavy (non-hydrogen) atoms. The van der Waals surface area contributed by atoms with Gasteiger partial charge in [-0.25, -0.2) is 0 Å². The number of aliphatic hydroxyl groups is 2. The molecule has 12 bridgehead atoms. The summed E-state index contributed by atoms with van der Waals surface area (Å²) in [6, 6.07) is 0. The van der Waals surface area contributed by atoms with E-state index in [1.54, 1.807) is 0 Å². The van der Waals surface area contributed by atoms with Crippen LogP contribution in [0.5, 0.6) is 0 Å². The summed E-state index contributed by atoms with van der Waals surface area (Å²) in [5.74, 6) is -0.994. The summed E-state index contributed by atoms with van der Waals surface area (Å²) < 4.78 is 67.4. The van der Waals surface area contributed by atoms with Gasteiger partial charge in [-0.15, -0.1) is 0 Å². The van der Waals surface area contributed by atoms with Crippen LogP contribution < -0.4 is 0 Å². The average Bonchev–Trinajstić information content (AvgIpc) is 3.74. The maximum absolute atomic E-state index is 14.1. The van der Waals surface area contributed by atoms with Crippen molar-refractivity contribution in [1.82, 2.24) is 0 Å². The lowest BCUT2D eigenvalue weighted by Crippen LogP contribution is -2.62. The smallest absolute Gasteiger partial charge is 0.308 e. The molecule has 314 valence electrons. The molecular formula is C43H64O13. The van der Waals surface area contributed by atoms with Crippen molar-refractivity contribution in [2.45, 2.75) is 227 Å². The summed E-state index contributed by atoms with van der Waals surface area (Å²) >= 11 is 0. The lowest BCUT2D eigenvalue weighted by atomic mass is 9.68. The zero-order valence-electron chi connectivity index (χ0n) is 33.5. The molecule has 2 N–H and O–H groups in total. The number of rotatable bonds is 2. The van der Waals surface area contributed by atoms with Crippen molar-refractivity contribution in [2.75, 3.05) is 6.61 Å². The summed E-state index contributed by atoms with van der Waals surface area (Å²) in [7, 11) is 0. The first-order valence-corrected chi connectivity index (χ1v) is 22.0. The van der Waals surface area contributed by atoms with Crippen LogP contribution in [0.2, 0.25) is 0 Å². The van der Waals surface area contributed by atoms with Crippen LogP contribution in [0, 0.1) is 17.3 Å². The zero-order chi connectivity index (χ0) is 38.7. The van der Waals surface area contributed by atoms with Crippen molar-refractivity contribution in [3.8, 4) is 0 Å². The van der Waals surface area contributed by atoms with Crippen molar-refractivity contribution in [2.24, 2.45) is 17.3 Å². The topological polar surface area (TPSA) is 150 Å². The quantitative estimate of drug-likeness (QED) is 0.307. The van der Waals surface area contributed by atoms with Gasteiger partial charge in [-0.1, -0.05) is 34.3 Å². The van der Waals surface area contributed by atoms with Crippen molar-refractivity contribution in [3.05, 3.63) is 12.2 Å². The third-order valence-electron chi connectivity index (χ3n) is 15.9. The zero-order valence-corrected chi connectivity index (χ0v) is 33.5. The van der Waals surface area contributed by atoms with E-state index in [2.05, 4.69) is 34.3 Å². The van der Waals surface area contributed by atoms with Crippen LogP contribution in [0.1, 0.15) is 111 Å². The normalized spacial score (nSPS) is 55.1. The number of carbonyl (C=O) groups is 1. The lowest BCUT2D eigenvalue weighted by molar-refractivity contribution is -0.294. The monoisotopic (exact) mass is 788 g/mol. The van der Waals surface area contributed by atoms with Gasteiger partial charge in [0.15, 0.2) is 5.79 Å². The van der Waals surface area contributed by atoms with Gasteiger partial charge in [0, 0.05) is 38.2 Å². The minimum absolute atomic E-state index is 0.0253. The van der Waals surface area contributed by atoms with E-state index in [4.69, 9.17) is 47.4 Å². The van der Waals surface area contributed by atoms with E-state index >= 15 is 0 Å². The Labute approximate surface area is 330 Å². The molecular weight excluding hydrogens is 724 g/mol. The minimum atomic E-state index is -0.804. The van der Waals surface area contributed by atoms with Crippen LogP contribution in [0.3, 0.4) is 0 Å². The van der Waals surface area contributed by atoms with Crippen LogP contribution in [-0.2, 0) is 52.2 Å². The number of aliphatic hydroxyl groups excluding tert-OH is 2. The first-order chi connectivity index (χ1) is 26.9. The fourth-order valence-corrected chi connectivity index (χ4v) is 12.3. The molecule has 11 heterocycles. The first kappa shape index (κ1) is 38.9. The van der Waals surface area contributed by atoms with E-state index < -0.39 is 42.4 Å². The van der Waals surface area contributed by atoms with E-state index in [-0.39, 0.29) is 104 Å². The lowest BCUT2D eigenvalue weighted by Gasteiger charge is -2.53. The van der Waals surface area contributed by atoms with Gasteiger partial charge in [0.05, 0.1) is 79.7 Å². The molecule has 0 saturated carbocycles. The SMILES string of the molecule is C=C1CC2CC[C@@]34CC5O[C@H]6[C@@H](O3)[C@H]3O[C@H](CC[C@@H]3O[C@H]6[C@H]5O4)CC(=O)O[C@H]3C(CC4O[C@@H](CCC1O2)C[C@@H](C)C4(C)C)O[C@H]1C[C@@H](O)[C@@H](CCO)O[C@H]1[C@@H]3C. The van der Waals surface area contributed by atoms with Crippen LogP contribution in [0.25, 0.3) is 0 Å². The fourth-order valence-electron chi connectivity index (χ4n) is 12.3. The molecule has 11 aliphatic heterocycles. The Morgan fingerprint density at radius 2 is 1.45 bits per heavy atom. The Hall–Kier alpha value is -1.23. The maximum Gasteiger partial charge on any atom is 0.308 e. The minimum Gasteiger partial charge on any atom is -0.459 e. The molecule has 0 aromatic rings. The number of carbonyl (C=O) groups excluding carboxylic acids is 1. The average molecular weight is 789 g/mol. The number of hydrogen-bond donors (Lipinski definition) is 2. The van der Waals surface area contributed by atoms with Gasteiger partial charge in [-0.2, -0.15) is 0 Å². The molecule has 11 rings (SSSR count). The van der Waals surface area contributed by atoms with E-state index in [9.17, 15) is 15.0 Å². The van der Waals surface area contributed by atoms with Crippen molar-refractivity contribution in [1.29, 1.82) is 0 Å². The second-order valence-corrected chi connectivity index (χ2v) is 19.7. The molecule has 0 aromatic carbocycles. The highest BCUT2D eigenvalue weighted by Gasteiger charge is 2.69. The van der Waals surface area contributed by atoms with Gasteiger partial charge >= 0.3 is 5.97 Å². The van der Waals surface area contributed by atoms with Gasteiger partial charge in [-0.05, 0) is 68.3 Å². The number of hydrogen-bond acceptors (Lipinski definition) is 13.